The lowest BCUT2D eigenvalue weighted by Crippen LogP contribution is -2.20. The van der Waals surface area contributed by atoms with Gasteiger partial charge in [-0.25, -0.2) is 14.4 Å². The Labute approximate surface area is 172 Å². The summed E-state index contributed by atoms with van der Waals surface area (Å²) in [6, 6.07) is 19.1. The first kappa shape index (κ1) is 20.2. The molecule has 0 unspecified atom stereocenters. The third-order valence-corrected chi connectivity index (χ3v) is 3.93. The second-order valence-electron chi connectivity index (χ2n) is 6.19. The summed E-state index contributed by atoms with van der Waals surface area (Å²) in [5.41, 5.74) is 1.58. The fraction of sp³-hybridized carbons (Fsp3) is 0. The topological polar surface area (TPSA) is 116 Å². The first-order valence-electron chi connectivity index (χ1n) is 8.77. The van der Waals surface area contributed by atoms with Crippen LogP contribution in [0.15, 0.2) is 72.8 Å². The Hall–Kier alpha value is -4.57. The predicted octanol–water partition coefficient (Wildman–Crippen LogP) is 4.13. The van der Waals surface area contributed by atoms with E-state index in [0.29, 0.717) is 11.3 Å². The average Bonchev–Trinajstić information content (AvgIpc) is 2.73. The molecule has 3 aromatic carbocycles. The highest BCUT2D eigenvalue weighted by Gasteiger charge is 2.13. The number of urea groups is 1. The summed E-state index contributed by atoms with van der Waals surface area (Å²) in [6.45, 7) is 0. The lowest BCUT2D eigenvalue weighted by atomic mass is 10.1. The van der Waals surface area contributed by atoms with E-state index in [1.165, 1.54) is 12.1 Å². The van der Waals surface area contributed by atoms with E-state index < -0.39 is 18.0 Å². The summed E-state index contributed by atoms with van der Waals surface area (Å²) >= 11 is 0. The zero-order chi connectivity index (χ0) is 21.5. The van der Waals surface area contributed by atoms with Gasteiger partial charge < -0.3 is 20.8 Å². The molecular formula is C23H16N2O5. The Morgan fingerprint density at radius 1 is 0.633 bits per heavy atom. The Kier molecular flexibility index (Phi) is 6.11. The molecule has 148 valence electrons. The van der Waals surface area contributed by atoms with Gasteiger partial charge in [0.25, 0.3) is 0 Å². The van der Waals surface area contributed by atoms with E-state index >= 15 is 0 Å². The number of carboxylic acid groups (broad SMARTS) is 2. The molecule has 0 saturated carbocycles. The van der Waals surface area contributed by atoms with E-state index in [9.17, 15) is 14.4 Å². The molecule has 0 radical (unpaired) electrons. The summed E-state index contributed by atoms with van der Waals surface area (Å²) in [5, 5.41) is 23.3. The number of rotatable bonds is 4. The lowest BCUT2D eigenvalue weighted by Gasteiger charge is -2.09. The van der Waals surface area contributed by atoms with Crippen LogP contribution in [0, 0.1) is 11.8 Å². The summed E-state index contributed by atoms with van der Waals surface area (Å²) in [6.07, 6.45) is 0. The summed E-state index contributed by atoms with van der Waals surface area (Å²) < 4.78 is 0. The molecule has 0 aliphatic heterocycles. The van der Waals surface area contributed by atoms with Gasteiger partial charge in [-0.2, -0.15) is 0 Å². The predicted molar refractivity (Wildman–Crippen MR) is 112 cm³/mol. The number of benzene rings is 3. The molecule has 0 aliphatic rings. The molecule has 0 aromatic heterocycles. The molecule has 7 heteroatoms. The number of carboxylic acids is 2. The number of carbonyl (C=O) groups excluding carboxylic acids is 1. The minimum Gasteiger partial charge on any atom is -0.478 e. The highest BCUT2D eigenvalue weighted by molar-refractivity contribution is 6.02. The molecule has 3 aromatic rings. The maximum absolute atomic E-state index is 12.3. The third-order valence-electron chi connectivity index (χ3n) is 3.93. The third kappa shape index (κ3) is 5.47. The number of amides is 2. The van der Waals surface area contributed by atoms with Gasteiger partial charge in [0, 0.05) is 22.5 Å². The van der Waals surface area contributed by atoms with Crippen LogP contribution in [0.1, 0.15) is 31.8 Å². The number of aromatic carboxylic acids is 2. The minimum absolute atomic E-state index is 0.0461. The van der Waals surface area contributed by atoms with Gasteiger partial charge in [-0.15, -0.1) is 0 Å². The number of hydrogen-bond donors (Lipinski definition) is 4. The SMILES string of the molecule is O=C(Nc1cccc(C#Cc2ccccc2)c1)Nc1cc(C(=O)O)cc(C(=O)O)c1. The molecule has 4 N–H and O–H groups in total. The normalized spacial score (nSPS) is 9.73. The van der Waals surface area contributed by atoms with Crippen molar-refractivity contribution in [1.82, 2.24) is 0 Å². The van der Waals surface area contributed by atoms with E-state index in [2.05, 4.69) is 22.5 Å². The smallest absolute Gasteiger partial charge is 0.335 e. The Morgan fingerprint density at radius 3 is 1.83 bits per heavy atom. The van der Waals surface area contributed by atoms with Crippen molar-refractivity contribution >= 4 is 29.3 Å². The average molecular weight is 400 g/mol. The molecule has 0 atom stereocenters. The van der Waals surface area contributed by atoms with Crippen molar-refractivity contribution in [3.8, 4) is 11.8 Å². The van der Waals surface area contributed by atoms with Crippen LogP contribution < -0.4 is 10.6 Å². The number of anilines is 2. The summed E-state index contributed by atoms with van der Waals surface area (Å²) in [5.74, 6) is 3.44. The van der Waals surface area contributed by atoms with Crippen molar-refractivity contribution in [3.05, 3.63) is 95.1 Å². The van der Waals surface area contributed by atoms with Crippen LogP contribution in [-0.4, -0.2) is 28.2 Å². The molecule has 30 heavy (non-hydrogen) atoms. The molecule has 7 nitrogen and oxygen atoms in total. The Morgan fingerprint density at radius 2 is 1.20 bits per heavy atom. The van der Waals surface area contributed by atoms with Crippen LogP contribution in [0.2, 0.25) is 0 Å². The second kappa shape index (κ2) is 9.08. The molecular weight excluding hydrogens is 384 g/mol. The molecule has 0 aliphatic carbocycles. The van der Waals surface area contributed by atoms with Crippen LogP contribution >= 0.6 is 0 Å². The van der Waals surface area contributed by atoms with Crippen molar-refractivity contribution in [2.24, 2.45) is 0 Å². The number of nitrogens with one attached hydrogen (secondary N) is 2. The standard InChI is InChI=1S/C23H16N2O5/c26-21(27)17-12-18(22(28)29)14-20(13-17)25-23(30)24-19-8-4-7-16(11-19)10-9-15-5-2-1-3-6-15/h1-8,11-14H,(H,26,27)(H,28,29)(H2,24,25,30). The van der Waals surface area contributed by atoms with Gasteiger partial charge >= 0.3 is 18.0 Å². The maximum Gasteiger partial charge on any atom is 0.335 e. The first-order chi connectivity index (χ1) is 14.4. The number of hydrogen-bond acceptors (Lipinski definition) is 3. The Balaban J connectivity index is 1.73. The summed E-state index contributed by atoms with van der Waals surface area (Å²) in [4.78, 5) is 34.6. The zero-order valence-electron chi connectivity index (χ0n) is 15.5. The summed E-state index contributed by atoms with van der Waals surface area (Å²) in [7, 11) is 0. The molecule has 0 spiro atoms. The van der Waals surface area contributed by atoms with Crippen molar-refractivity contribution in [2.45, 2.75) is 0 Å². The van der Waals surface area contributed by atoms with E-state index in [-0.39, 0.29) is 16.8 Å². The van der Waals surface area contributed by atoms with Crippen molar-refractivity contribution < 1.29 is 24.6 Å². The fourth-order valence-electron chi connectivity index (χ4n) is 2.58. The van der Waals surface area contributed by atoms with Crippen LogP contribution in [0.5, 0.6) is 0 Å². The first-order valence-corrected chi connectivity index (χ1v) is 8.77. The monoisotopic (exact) mass is 400 g/mol. The molecule has 0 bridgehead atoms. The maximum atomic E-state index is 12.3. The van der Waals surface area contributed by atoms with Gasteiger partial charge in [0.05, 0.1) is 11.1 Å². The Bertz CT molecular complexity index is 1140. The van der Waals surface area contributed by atoms with Gasteiger partial charge in [-0.3, -0.25) is 0 Å². The molecule has 0 heterocycles. The minimum atomic E-state index is -1.30. The van der Waals surface area contributed by atoms with Crippen LogP contribution in [0.3, 0.4) is 0 Å². The quantitative estimate of drug-likeness (QED) is 0.492. The van der Waals surface area contributed by atoms with Crippen molar-refractivity contribution in [2.75, 3.05) is 10.6 Å². The van der Waals surface area contributed by atoms with Gasteiger partial charge in [-0.1, -0.05) is 36.1 Å². The van der Waals surface area contributed by atoms with E-state index in [0.717, 1.165) is 11.6 Å². The van der Waals surface area contributed by atoms with E-state index in [1.54, 1.807) is 24.3 Å². The van der Waals surface area contributed by atoms with Crippen LogP contribution in [-0.2, 0) is 0 Å². The van der Waals surface area contributed by atoms with E-state index in [4.69, 9.17) is 10.2 Å². The van der Waals surface area contributed by atoms with Gasteiger partial charge in [0.2, 0.25) is 0 Å². The highest BCUT2D eigenvalue weighted by atomic mass is 16.4. The molecule has 3 rings (SSSR count). The van der Waals surface area contributed by atoms with Gasteiger partial charge in [-0.05, 0) is 48.5 Å². The fourth-order valence-corrected chi connectivity index (χ4v) is 2.58. The number of carbonyl (C=O) groups is 3. The largest absolute Gasteiger partial charge is 0.478 e. The van der Waals surface area contributed by atoms with Crippen LogP contribution in [0.4, 0.5) is 16.2 Å². The highest BCUT2D eigenvalue weighted by Crippen LogP contribution is 2.17. The molecule has 0 saturated heterocycles. The van der Waals surface area contributed by atoms with E-state index in [1.807, 2.05) is 30.3 Å². The van der Waals surface area contributed by atoms with Crippen molar-refractivity contribution in [1.29, 1.82) is 0 Å². The lowest BCUT2D eigenvalue weighted by molar-refractivity contribution is 0.0696. The van der Waals surface area contributed by atoms with Crippen LogP contribution in [0.25, 0.3) is 0 Å². The van der Waals surface area contributed by atoms with Gasteiger partial charge in [0.15, 0.2) is 0 Å². The molecule has 2 amide bonds. The van der Waals surface area contributed by atoms with Crippen molar-refractivity contribution in [3.63, 3.8) is 0 Å². The van der Waals surface area contributed by atoms with Gasteiger partial charge in [0.1, 0.15) is 0 Å². The zero-order valence-corrected chi connectivity index (χ0v) is 15.5. The molecule has 0 fully saturated rings. The second-order valence-corrected chi connectivity index (χ2v) is 6.19.